The summed E-state index contributed by atoms with van der Waals surface area (Å²) in [5.41, 5.74) is 1.84. The molecule has 1 aromatic heterocycles. The van der Waals surface area contributed by atoms with Gasteiger partial charge in [-0.05, 0) is 45.3 Å². The number of imidazole rings is 1. The Morgan fingerprint density at radius 3 is 2.33 bits per heavy atom. The zero-order valence-electron chi connectivity index (χ0n) is 15.3. The van der Waals surface area contributed by atoms with Crippen LogP contribution in [0.2, 0.25) is 0 Å². The summed E-state index contributed by atoms with van der Waals surface area (Å²) < 4.78 is 20.7. The minimum Gasteiger partial charge on any atom is -0.399 e. The number of nitrogens with zero attached hydrogens (tertiary/aromatic N) is 2. The van der Waals surface area contributed by atoms with Crippen LogP contribution in [0, 0.1) is 0 Å². The Morgan fingerprint density at radius 2 is 1.75 bits per heavy atom. The molecule has 0 amide bonds. The first kappa shape index (κ1) is 17.3. The van der Waals surface area contributed by atoms with Crippen LogP contribution >= 0.6 is 0 Å². The van der Waals surface area contributed by atoms with E-state index in [4.69, 9.17) is 14.0 Å². The van der Waals surface area contributed by atoms with E-state index in [2.05, 4.69) is 0 Å². The molecule has 0 radical (unpaired) electrons. The van der Waals surface area contributed by atoms with Gasteiger partial charge in [0.05, 0.1) is 35.4 Å². The summed E-state index contributed by atoms with van der Waals surface area (Å²) >= 11 is 0. The zero-order valence-corrected chi connectivity index (χ0v) is 15.3. The van der Waals surface area contributed by atoms with Gasteiger partial charge in [-0.2, -0.15) is 0 Å². The van der Waals surface area contributed by atoms with Crippen LogP contribution in [0.15, 0.2) is 23.0 Å². The Bertz CT molecular complexity index is 806. The molecule has 130 valence electrons. The second-order valence-corrected chi connectivity index (χ2v) is 7.32. The van der Waals surface area contributed by atoms with Crippen LogP contribution in [0.3, 0.4) is 0 Å². The molecule has 0 bridgehead atoms. The standard InChI is InChI=1S/C17H25BN2O4/c1-16(2)17(3,4)24-18(23-16)12-7-8-13-14(11-12)20(9-10-22-6)15(21)19(13)5/h7-8,11H,9-10H2,1-6H3. The molecule has 2 heterocycles. The minimum absolute atomic E-state index is 0.0480. The molecule has 0 aliphatic carbocycles. The van der Waals surface area contributed by atoms with E-state index in [1.807, 2.05) is 45.9 Å². The van der Waals surface area contributed by atoms with Crippen LogP contribution in [0.1, 0.15) is 27.7 Å². The van der Waals surface area contributed by atoms with Crippen molar-refractivity contribution in [1.29, 1.82) is 0 Å². The van der Waals surface area contributed by atoms with Crippen LogP contribution < -0.4 is 11.2 Å². The van der Waals surface area contributed by atoms with E-state index in [9.17, 15) is 4.79 Å². The molecule has 0 spiro atoms. The summed E-state index contributed by atoms with van der Waals surface area (Å²) in [6.07, 6.45) is 0. The molecule has 1 aliphatic rings. The van der Waals surface area contributed by atoms with Crippen molar-refractivity contribution in [2.45, 2.75) is 45.4 Å². The molecule has 1 aromatic carbocycles. The number of rotatable bonds is 4. The number of fused-ring (bicyclic) bond motifs is 1. The van der Waals surface area contributed by atoms with Crippen molar-refractivity contribution in [2.24, 2.45) is 7.05 Å². The molecule has 2 aromatic rings. The lowest BCUT2D eigenvalue weighted by atomic mass is 9.79. The maximum Gasteiger partial charge on any atom is 0.494 e. The van der Waals surface area contributed by atoms with Gasteiger partial charge >= 0.3 is 12.8 Å². The average Bonchev–Trinajstić information content (AvgIpc) is 2.88. The average molecular weight is 332 g/mol. The molecule has 1 fully saturated rings. The number of aromatic nitrogens is 2. The minimum atomic E-state index is -0.439. The van der Waals surface area contributed by atoms with Crippen molar-refractivity contribution in [3.05, 3.63) is 28.7 Å². The van der Waals surface area contributed by atoms with Gasteiger partial charge in [-0.1, -0.05) is 6.07 Å². The van der Waals surface area contributed by atoms with Crippen LogP contribution in [-0.4, -0.2) is 41.2 Å². The van der Waals surface area contributed by atoms with Gasteiger partial charge in [-0.3, -0.25) is 9.13 Å². The second kappa shape index (κ2) is 5.76. The lowest BCUT2D eigenvalue weighted by Crippen LogP contribution is -2.41. The number of hydrogen-bond donors (Lipinski definition) is 0. The molecule has 0 unspecified atom stereocenters. The van der Waals surface area contributed by atoms with Crippen molar-refractivity contribution in [1.82, 2.24) is 9.13 Å². The van der Waals surface area contributed by atoms with Crippen molar-refractivity contribution >= 4 is 23.6 Å². The quantitative estimate of drug-likeness (QED) is 0.792. The Labute approximate surface area is 142 Å². The molecule has 7 heteroatoms. The molecular weight excluding hydrogens is 307 g/mol. The number of hydrogen-bond acceptors (Lipinski definition) is 4. The lowest BCUT2D eigenvalue weighted by Gasteiger charge is -2.32. The molecule has 0 saturated carbocycles. The summed E-state index contributed by atoms with van der Waals surface area (Å²) in [7, 11) is 2.97. The largest absolute Gasteiger partial charge is 0.494 e. The third-order valence-electron chi connectivity index (χ3n) is 5.21. The summed E-state index contributed by atoms with van der Waals surface area (Å²) in [5.74, 6) is 0. The Hall–Kier alpha value is -1.57. The van der Waals surface area contributed by atoms with Gasteiger partial charge in [0.1, 0.15) is 0 Å². The third-order valence-corrected chi connectivity index (χ3v) is 5.21. The monoisotopic (exact) mass is 332 g/mol. The van der Waals surface area contributed by atoms with Gasteiger partial charge in [-0.15, -0.1) is 0 Å². The SMILES string of the molecule is COCCn1c(=O)n(C)c2ccc(B3OC(C)(C)C(C)(C)O3)cc21. The Kier molecular flexibility index (Phi) is 4.14. The molecule has 1 aliphatic heterocycles. The smallest absolute Gasteiger partial charge is 0.399 e. The maximum atomic E-state index is 12.4. The first-order chi connectivity index (χ1) is 11.2. The van der Waals surface area contributed by atoms with Crippen molar-refractivity contribution in [3.8, 4) is 0 Å². The fourth-order valence-electron chi connectivity index (χ4n) is 2.95. The van der Waals surface area contributed by atoms with Gasteiger partial charge in [0.25, 0.3) is 0 Å². The normalized spacial score (nSPS) is 19.3. The van der Waals surface area contributed by atoms with E-state index in [0.29, 0.717) is 13.2 Å². The van der Waals surface area contributed by atoms with Gasteiger partial charge in [0.15, 0.2) is 0 Å². The number of aryl methyl sites for hydroxylation is 1. The predicted octanol–water partition coefficient (Wildman–Crippen LogP) is 1.29. The molecule has 0 N–H and O–H groups in total. The fourth-order valence-corrected chi connectivity index (χ4v) is 2.95. The topological polar surface area (TPSA) is 54.6 Å². The van der Waals surface area contributed by atoms with Gasteiger partial charge < -0.3 is 14.0 Å². The number of benzene rings is 1. The second-order valence-electron chi connectivity index (χ2n) is 7.32. The van der Waals surface area contributed by atoms with E-state index >= 15 is 0 Å². The Balaban J connectivity index is 2.04. The molecule has 24 heavy (non-hydrogen) atoms. The van der Waals surface area contributed by atoms with Crippen LogP contribution in [0.25, 0.3) is 11.0 Å². The molecule has 1 saturated heterocycles. The highest BCUT2D eigenvalue weighted by Gasteiger charge is 2.51. The lowest BCUT2D eigenvalue weighted by molar-refractivity contribution is 0.00578. The van der Waals surface area contributed by atoms with Gasteiger partial charge in [0, 0.05) is 14.2 Å². The third kappa shape index (κ3) is 2.60. The molecular formula is C17H25BN2O4. The van der Waals surface area contributed by atoms with Gasteiger partial charge in [-0.25, -0.2) is 4.79 Å². The highest BCUT2D eigenvalue weighted by Crippen LogP contribution is 2.36. The summed E-state index contributed by atoms with van der Waals surface area (Å²) in [6.45, 7) is 9.12. The van der Waals surface area contributed by atoms with Crippen LogP contribution in [0.5, 0.6) is 0 Å². The van der Waals surface area contributed by atoms with Crippen molar-refractivity contribution in [3.63, 3.8) is 0 Å². The molecule has 6 nitrogen and oxygen atoms in total. The van der Waals surface area contributed by atoms with Crippen molar-refractivity contribution < 1.29 is 14.0 Å². The first-order valence-electron chi connectivity index (χ1n) is 8.22. The van der Waals surface area contributed by atoms with E-state index in [0.717, 1.165) is 16.5 Å². The summed E-state index contributed by atoms with van der Waals surface area (Å²) in [6, 6.07) is 5.89. The van der Waals surface area contributed by atoms with Crippen LogP contribution in [-0.2, 0) is 27.6 Å². The van der Waals surface area contributed by atoms with Crippen molar-refractivity contribution in [2.75, 3.05) is 13.7 Å². The summed E-state index contributed by atoms with van der Waals surface area (Å²) in [4.78, 5) is 12.4. The van der Waals surface area contributed by atoms with Gasteiger partial charge in [0.2, 0.25) is 0 Å². The van der Waals surface area contributed by atoms with E-state index < -0.39 is 7.12 Å². The number of methoxy groups -OCH3 is 1. The highest BCUT2D eigenvalue weighted by atomic mass is 16.7. The highest BCUT2D eigenvalue weighted by molar-refractivity contribution is 6.62. The molecule has 3 rings (SSSR count). The molecule has 0 atom stereocenters. The summed E-state index contributed by atoms with van der Waals surface area (Å²) in [5, 5.41) is 0. The van der Waals surface area contributed by atoms with E-state index in [1.165, 1.54) is 0 Å². The maximum absolute atomic E-state index is 12.4. The zero-order chi connectivity index (χ0) is 17.7. The van der Waals surface area contributed by atoms with Crippen LogP contribution in [0.4, 0.5) is 0 Å². The van der Waals surface area contributed by atoms with E-state index in [1.54, 1.807) is 23.3 Å². The Morgan fingerprint density at radius 1 is 1.12 bits per heavy atom. The fraction of sp³-hybridized carbons (Fsp3) is 0.588. The first-order valence-corrected chi connectivity index (χ1v) is 8.22. The number of ether oxygens (including phenoxy) is 1. The predicted molar refractivity (Wildman–Crippen MR) is 94.8 cm³/mol. The van der Waals surface area contributed by atoms with E-state index in [-0.39, 0.29) is 16.9 Å².